The Morgan fingerprint density at radius 1 is 1.18 bits per heavy atom. The highest BCUT2D eigenvalue weighted by molar-refractivity contribution is 7.99. The molecule has 0 aliphatic carbocycles. The number of nitrogens with zero attached hydrogens (tertiary/aromatic N) is 6. The van der Waals surface area contributed by atoms with Gasteiger partial charge in [0.05, 0.1) is 23.2 Å². The molecule has 12 heteroatoms. The highest BCUT2D eigenvalue weighted by Crippen LogP contribution is 2.30. The van der Waals surface area contributed by atoms with Crippen LogP contribution in [0.5, 0.6) is 5.75 Å². The number of hydrogen-bond acceptors (Lipinski definition) is 8. The summed E-state index contributed by atoms with van der Waals surface area (Å²) >= 11 is 13.0. The van der Waals surface area contributed by atoms with Gasteiger partial charge in [-0.2, -0.15) is 5.10 Å². The summed E-state index contributed by atoms with van der Waals surface area (Å²) in [6.45, 7) is 0. The molecule has 4 aromatic rings. The SMILES string of the molecule is O=C(CSc1nnc(-c2cnccn2)n1-c1ccccc1)N/N=C/c1cc(Cl)cc(Cl)c1O. The second kappa shape index (κ2) is 10.4. The molecule has 2 N–H and O–H groups in total. The number of halogens is 2. The van der Waals surface area contributed by atoms with Crippen LogP contribution in [0.25, 0.3) is 17.2 Å². The number of aromatic nitrogens is 5. The zero-order valence-corrected chi connectivity index (χ0v) is 19.1. The second-order valence-corrected chi connectivity index (χ2v) is 8.26. The van der Waals surface area contributed by atoms with E-state index in [9.17, 15) is 9.90 Å². The van der Waals surface area contributed by atoms with Gasteiger partial charge in [-0.15, -0.1) is 10.2 Å². The summed E-state index contributed by atoms with van der Waals surface area (Å²) in [6.07, 6.45) is 6.00. The van der Waals surface area contributed by atoms with Crippen molar-refractivity contribution in [3.63, 3.8) is 0 Å². The number of phenols is 1. The number of phenolic OH excluding ortho intramolecular Hbond substituents is 1. The molecule has 0 bridgehead atoms. The topological polar surface area (TPSA) is 118 Å². The summed E-state index contributed by atoms with van der Waals surface area (Å²) in [5.74, 6) is -0.0394. The Kier molecular flexibility index (Phi) is 7.18. The highest BCUT2D eigenvalue weighted by atomic mass is 35.5. The number of rotatable bonds is 7. The lowest BCUT2D eigenvalue weighted by Crippen LogP contribution is -2.20. The molecule has 0 fully saturated rings. The van der Waals surface area contributed by atoms with E-state index in [1.165, 1.54) is 30.1 Å². The summed E-state index contributed by atoms with van der Waals surface area (Å²) in [5.41, 5.74) is 4.04. The number of amides is 1. The Morgan fingerprint density at radius 3 is 2.76 bits per heavy atom. The first kappa shape index (κ1) is 22.7. The van der Waals surface area contributed by atoms with Gasteiger partial charge in [0.2, 0.25) is 0 Å². The maximum Gasteiger partial charge on any atom is 0.250 e. The van der Waals surface area contributed by atoms with Crippen LogP contribution in [0.4, 0.5) is 0 Å². The lowest BCUT2D eigenvalue weighted by molar-refractivity contribution is -0.118. The zero-order chi connectivity index (χ0) is 23.2. The second-order valence-electron chi connectivity index (χ2n) is 6.48. The molecule has 0 saturated heterocycles. The fourth-order valence-electron chi connectivity index (χ4n) is 2.77. The van der Waals surface area contributed by atoms with Crippen LogP contribution in [0.3, 0.4) is 0 Å². The van der Waals surface area contributed by atoms with Gasteiger partial charge in [0.1, 0.15) is 11.4 Å². The van der Waals surface area contributed by atoms with E-state index in [0.29, 0.717) is 21.7 Å². The van der Waals surface area contributed by atoms with Crippen molar-refractivity contribution in [2.45, 2.75) is 5.16 Å². The summed E-state index contributed by atoms with van der Waals surface area (Å²) in [5, 5.41) is 23.2. The van der Waals surface area contributed by atoms with Gasteiger partial charge in [-0.3, -0.25) is 14.3 Å². The first-order valence-electron chi connectivity index (χ1n) is 9.43. The van der Waals surface area contributed by atoms with E-state index in [1.807, 2.05) is 30.3 Å². The van der Waals surface area contributed by atoms with Crippen LogP contribution < -0.4 is 5.43 Å². The normalized spacial score (nSPS) is 11.1. The summed E-state index contributed by atoms with van der Waals surface area (Å²) in [6, 6.07) is 12.4. The van der Waals surface area contributed by atoms with Crippen molar-refractivity contribution in [1.29, 1.82) is 0 Å². The molecule has 2 aromatic heterocycles. The lowest BCUT2D eigenvalue weighted by atomic mass is 10.2. The number of aromatic hydroxyl groups is 1. The summed E-state index contributed by atoms with van der Waals surface area (Å²) in [7, 11) is 0. The van der Waals surface area contributed by atoms with Gasteiger partial charge in [-0.05, 0) is 24.3 Å². The van der Waals surface area contributed by atoms with Gasteiger partial charge in [0, 0.05) is 28.7 Å². The summed E-state index contributed by atoms with van der Waals surface area (Å²) in [4.78, 5) is 20.7. The number of carbonyl (C=O) groups excluding carboxylic acids is 1. The van der Waals surface area contributed by atoms with Gasteiger partial charge < -0.3 is 5.11 Å². The Labute approximate surface area is 202 Å². The minimum atomic E-state index is -0.382. The van der Waals surface area contributed by atoms with E-state index < -0.39 is 0 Å². The van der Waals surface area contributed by atoms with Crippen LogP contribution in [0.15, 0.2) is 71.3 Å². The van der Waals surface area contributed by atoms with Gasteiger partial charge in [-0.1, -0.05) is 53.2 Å². The smallest absolute Gasteiger partial charge is 0.250 e. The standard InChI is InChI=1S/C21H15Cl2N7O2S/c22-14-8-13(19(32)16(23)9-14)10-26-27-18(31)12-33-21-29-28-20(17-11-24-6-7-25-17)30(21)15-4-2-1-3-5-15/h1-11,32H,12H2,(H,27,31)/b26-10+. The van der Waals surface area contributed by atoms with Crippen molar-refractivity contribution in [2.75, 3.05) is 5.75 Å². The summed E-state index contributed by atoms with van der Waals surface area (Å²) < 4.78 is 1.80. The molecule has 1 amide bonds. The minimum absolute atomic E-state index is 0.0189. The number of thioether (sulfide) groups is 1. The van der Waals surface area contributed by atoms with Crippen molar-refractivity contribution < 1.29 is 9.90 Å². The maximum atomic E-state index is 12.3. The molecule has 0 atom stereocenters. The van der Waals surface area contributed by atoms with E-state index in [0.717, 1.165) is 5.69 Å². The average Bonchev–Trinajstić information content (AvgIpc) is 3.26. The Morgan fingerprint density at radius 2 is 2.00 bits per heavy atom. The molecule has 4 rings (SSSR count). The Hall–Kier alpha value is -3.47. The average molecular weight is 500 g/mol. The largest absolute Gasteiger partial charge is 0.506 e. The third-order valence-electron chi connectivity index (χ3n) is 4.22. The van der Waals surface area contributed by atoms with Gasteiger partial charge in [0.15, 0.2) is 11.0 Å². The quantitative estimate of drug-likeness (QED) is 0.224. The molecule has 166 valence electrons. The molecule has 0 spiro atoms. The van der Waals surface area contributed by atoms with Gasteiger partial charge in [0.25, 0.3) is 5.91 Å². The van der Waals surface area contributed by atoms with Crippen molar-refractivity contribution in [2.24, 2.45) is 5.10 Å². The van der Waals surface area contributed by atoms with Crippen LogP contribution in [-0.4, -0.2) is 47.7 Å². The predicted octanol–water partition coefficient (Wildman–Crippen LogP) is 3.98. The van der Waals surface area contributed by atoms with Crippen LogP contribution >= 0.6 is 35.0 Å². The number of benzene rings is 2. The number of carbonyl (C=O) groups is 1. The molecule has 2 aromatic carbocycles. The van der Waals surface area contributed by atoms with E-state index >= 15 is 0 Å². The first-order valence-corrected chi connectivity index (χ1v) is 11.2. The minimum Gasteiger partial charge on any atom is -0.506 e. The molecular formula is C21H15Cl2N7O2S. The molecule has 0 aliphatic rings. The number of nitrogens with one attached hydrogen (secondary N) is 1. The first-order chi connectivity index (χ1) is 16.0. The van der Waals surface area contributed by atoms with Crippen molar-refractivity contribution in [1.82, 2.24) is 30.2 Å². The van der Waals surface area contributed by atoms with Crippen molar-refractivity contribution >= 4 is 47.1 Å². The third-order valence-corrected chi connectivity index (χ3v) is 5.66. The Balaban J connectivity index is 1.48. The van der Waals surface area contributed by atoms with Crippen LogP contribution in [0.2, 0.25) is 10.0 Å². The zero-order valence-electron chi connectivity index (χ0n) is 16.8. The molecule has 0 radical (unpaired) electrons. The molecule has 33 heavy (non-hydrogen) atoms. The van der Waals surface area contributed by atoms with E-state index in [-0.39, 0.29) is 28.0 Å². The molecule has 0 aliphatic heterocycles. The third kappa shape index (κ3) is 5.48. The molecule has 2 heterocycles. The molecule has 9 nitrogen and oxygen atoms in total. The predicted molar refractivity (Wildman–Crippen MR) is 127 cm³/mol. The van der Waals surface area contributed by atoms with Gasteiger partial charge >= 0.3 is 0 Å². The number of para-hydroxylation sites is 1. The highest BCUT2D eigenvalue weighted by Gasteiger charge is 2.18. The number of hydrogen-bond donors (Lipinski definition) is 2. The van der Waals surface area contributed by atoms with Crippen molar-refractivity contribution in [3.05, 3.63) is 76.7 Å². The van der Waals surface area contributed by atoms with Crippen LogP contribution in [0.1, 0.15) is 5.56 Å². The Bertz CT molecular complexity index is 1300. The molecule has 0 saturated carbocycles. The monoisotopic (exact) mass is 499 g/mol. The molecule has 0 unspecified atom stereocenters. The lowest BCUT2D eigenvalue weighted by Gasteiger charge is -2.09. The fourth-order valence-corrected chi connectivity index (χ4v) is 4.03. The van der Waals surface area contributed by atoms with Crippen LogP contribution in [0, 0.1) is 0 Å². The van der Waals surface area contributed by atoms with Gasteiger partial charge in [-0.25, -0.2) is 10.4 Å². The van der Waals surface area contributed by atoms with Crippen LogP contribution in [-0.2, 0) is 4.79 Å². The number of hydrazone groups is 1. The molecular weight excluding hydrogens is 485 g/mol. The maximum absolute atomic E-state index is 12.3. The fraction of sp³-hybridized carbons (Fsp3) is 0.0476. The van der Waals surface area contributed by atoms with E-state index in [2.05, 4.69) is 30.7 Å². The van der Waals surface area contributed by atoms with E-state index in [4.69, 9.17) is 23.2 Å². The van der Waals surface area contributed by atoms with Crippen molar-refractivity contribution in [3.8, 4) is 23.0 Å². The van der Waals surface area contributed by atoms with E-state index in [1.54, 1.807) is 23.2 Å².